The van der Waals surface area contributed by atoms with E-state index >= 15 is 0 Å². The number of thiophene rings is 1. The van der Waals surface area contributed by atoms with Gasteiger partial charge in [-0.25, -0.2) is 0 Å². The number of esters is 1. The van der Waals surface area contributed by atoms with E-state index in [1.54, 1.807) is 41.4 Å². The summed E-state index contributed by atoms with van der Waals surface area (Å²) in [5, 5.41) is 15.9. The summed E-state index contributed by atoms with van der Waals surface area (Å²) < 4.78 is 5.25. The highest BCUT2D eigenvalue weighted by Crippen LogP contribution is 2.25. The molecule has 1 aromatic carbocycles. The van der Waals surface area contributed by atoms with Gasteiger partial charge in [0.1, 0.15) is 5.69 Å². The molecule has 1 aliphatic heterocycles. The highest BCUT2D eigenvalue weighted by Gasteiger charge is 2.27. The van der Waals surface area contributed by atoms with Gasteiger partial charge in [-0.1, -0.05) is 12.1 Å². The van der Waals surface area contributed by atoms with Gasteiger partial charge in [0, 0.05) is 30.6 Å². The predicted octanol–water partition coefficient (Wildman–Crippen LogP) is 2.97. The van der Waals surface area contributed by atoms with E-state index < -0.39 is 17.0 Å². The van der Waals surface area contributed by atoms with Crippen molar-refractivity contribution < 1.29 is 19.2 Å². The lowest BCUT2D eigenvalue weighted by Gasteiger charge is -2.29. The van der Waals surface area contributed by atoms with Crippen LogP contribution < -0.4 is 5.32 Å². The van der Waals surface area contributed by atoms with Crippen LogP contribution in [0.4, 0.5) is 11.4 Å². The van der Waals surface area contributed by atoms with Crippen molar-refractivity contribution in [3.8, 4) is 0 Å². The van der Waals surface area contributed by atoms with Crippen LogP contribution in [-0.4, -0.2) is 40.9 Å². The molecule has 0 bridgehead atoms. The van der Waals surface area contributed by atoms with Crippen molar-refractivity contribution >= 4 is 34.6 Å². The number of hydrogen-bond acceptors (Lipinski definition) is 7. The molecule has 0 saturated heterocycles. The fourth-order valence-corrected chi connectivity index (χ4v) is 3.97. The van der Waals surface area contributed by atoms with Crippen LogP contribution in [0.1, 0.15) is 23.8 Å². The third-order valence-corrected chi connectivity index (χ3v) is 5.54. The lowest BCUT2D eigenvalue weighted by molar-refractivity contribution is -0.384. The number of nitro groups is 1. The first kappa shape index (κ1) is 19.8. The zero-order valence-corrected chi connectivity index (χ0v) is 16.2. The monoisotopic (exact) mass is 403 g/mol. The number of hydrogen-bond donors (Lipinski definition) is 1. The van der Waals surface area contributed by atoms with Gasteiger partial charge in [0.05, 0.1) is 11.3 Å². The van der Waals surface area contributed by atoms with Crippen LogP contribution in [0.3, 0.4) is 0 Å². The summed E-state index contributed by atoms with van der Waals surface area (Å²) in [6.45, 7) is 2.90. The van der Waals surface area contributed by atoms with Crippen molar-refractivity contribution in [2.24, 2.45) is 0 Å². The molecule has 0 saturated carbocycles. The quantitative estimate of drug-likeness (QED) is 0.433. The number of nitrogens with zero attached hydrogens (tertiary/aromatic N) is 2. The summed E-state index contributed by atoms with van der Waals surface area (Å²) in [5.74, 6) is -0.739. The zero-order valence-electron chi connectivity index (χ0n) is 15.4. The highest BCUT2D eigenvalue weighted by molar-refractivity contribution is 7.10. The second-order valence-corrected chi connectivity index (χ2v) is 7.46. The van der Waals surface area contributed by atoms with E-state index in [-0.39, 0.29) is 24.6 Å². The van der Waals surface area contributed by atoms with Crippen molar-refractivity contribution in [3.05, 3.63) is 56.3 Å². The van der Waals surface area contributed by atoms with Gasteiger partial charge in [0.2, 0.25) is 0 Å². The van der Waals surface area contributed by atoms with Crippen molar-refractivity contribution in [2.45, 2.75) is 32.4 Å². The molecule has 1 atom stereocenters. The van der Waals surface area contributed by atoms with E-state index in [0.29, 0.717) is 18.8 Å². The Morgan fingerprint density at radius 3 is 2.93 bits per heavy atom. The second kappa shape index (κ2) is 8.83. The first-order valence-corrected chi connectivity index (χ1v) is 9.84. The smallest absolute Gasteiger partial charge is 0.308 e. The highest BCUT2D eigenvalue weighted by atomic mass is 32.1. The van der Waals surface area contributed by atoms with E-state index in [4.69, 9.17) is 4.74 Å². The lowest BCUT2D eigenvalue weighted by Crippen LogP contribution is -2.42. The average molecular weight is 403 g/mol. The van der Waals surface area contributed by atoms with Crippen molar-refractivity contribution in [2.75, 3.05) is 18.4 Å². The normalized spacial score (nSPS) is 14.1. The number of carbonyl (C=O) groups is 2. The van der Waals surface area contributed by atoms with Crippen LogP contribution in [0.5, 0.6) is 0 Å². The van der Waals surface area contributed by atoms with Crippen LogP contribution in [0.25, 0.3) is 0 Å². The fourth-order valence-electron chi connectivity index (χ4n) is 3.08. The lowest BCUT2D eigenvalue weighted by atomic mass is 10.1. The SMILES string of the molecule is CC(OC(=O)CCNc1ccccc1[N+](=O)[O-])C(=O)N1CCc2sccc2C1. The number of amides is 1. The van der Waals surface area contributed by atoms with Gasteiger partial charge in [-0.05, 0) is 36.4 Å². The number of anilines is 1. The molecule has 0 radical (unpaired) electrons. The molecule has 2 aromatic rings. The number of benzene rings is 1. The van der Waals surface area contributed by atoms with Crippen LogP contribution in [-0.2, 0) is 27.3 Å². The average Bonchev–Trinajstić information content (AvgIpc) is 3.15. The minimum atomic E-state index is -0.862. The number of nitro benzene ring substituents is 1. The maximum atomic E-state index is 12.5. The van der Waals surface area contributed by atoms with Crippen LogP contribution in [0, 0.1) is 10.1 Å². The molecule has 1 aliphatic rings. The third-order valence-electron chi connectivity index (χ3n) is 4.52. The number of carbonyl (C=O) groups excluding carboxylic acids is 2. The van der Waals surface area contributed by atoms with Gasteiger partial charge in [0.25, 0.3) is 11.6 Å². The van der Waals surface area contributed by atoms with E-state index in [9.17, 15) is 19.7 Å². The molecular formula is C19H21N3O5S. The molecule has 1 aromatic heterocycles. The summed E-state index contributed by atoms with van der Waals surface area (Å²) in [6.07, 6.45) is -0.0453. The van der Waals surface area contributed by atoms with Gasteiger partial charge >= 0.3 is 5.97 Å². The summed E-state index contributed by atoms with van der Waals surface area (Å²) in [5.41, 5.74) is 1.43. The van der Waals surface area contributed by atoms with Crippen molar-refractivity contribution in [1.29, 1.82) is 0 Å². The maximum Gasteiger partial charge on any atom is 0.308 e. The Morgan fingerprint density at radius 1 is 1.36 bits per heavy atom. The van der Waals surface area contributed by atoms with Gasteiger partial charge in [-0.15, -0.1) is 11.3 Å². The van der Waals surface area contributed by atoms with Crippen molar-refractivity contribution in [1.82, 2.24) is 4.90 Å². The molecule has 0 spiro atoms. The first-order valence-electron chi connectivity index (χ1n) is 8.96. The molecule has 148 valence electrons. The Bertz CT molecular complexity index is 882. The Balaban J connectivity index is 1.46. The fraction of sp³-hybridized carbons (Fsp3) is 0.368. The van der Waals surface area contributed by atoms with E-state index in [1.165, 1.54) is 10.9 Å². The number of fused-ring (bicyclic) bond motifs is 1. The first-order chi connectivity index (χ1) is 13.5. The van der Waals surface area contributed by atoms with Crippen LogP contribution in [0.2, 0.25) is 0 Å². The standard InChI is InChI=1S/C19H21N3O5S/c1-13(19(24)21-10-7-17-14(12-21)8-11-28-17)27-18(23)6-9-20-15-4-2-3-5-16(15)22(25)26/h2-5,8,11,13,20H,6-7,9-10,12H2,1H3. The van der Waals surface area contributed by atoms with E-state index in [1.807, 2.05) is 11.4 Å². The Hall–Kier alpha value is -2.94. The largest absolute Gasteiger partial charge is 0.452 e. The molecule has 1 amide bonds. The van der Waals surface area contributed by atoms with Gasteiger partial charge in [-0.3, -0.25) is 19.7 Å². The topological polar surface area (TPSA) is 102 Å². The molecule has 8 nitrogen and oxygen atoms in total. The summed E-state index contributed by atoms with van der Waals surface area (Å²) in [6, 6.07) is 8.23. The third kappa shape index (κ3) is 4.66. The molecule has 0 aliphatic carbocycles. The number of para-hydroxylation sites is 2. The second-order valence-electron chi connectivity index (χ2n) is 6.46. The molecule has 0 fully saturated rings. The molecule has 3 rings (SSSR count). The molecule has 28 heavy (non-hydrogen) atoms. The number of ether oxygens (including phenoxy) is 1. The zero-order chi connectivity index (χ0) is 20.1. The number of nitrogens with one attached hydrogen (secondary N) is 1. The summed E-state index contributed by atoms with van der Waals surface area (Å²) >= 11 is 1.70. The van der Waals surface area contributed by atoms with Gasteiger partial charge in [-0.2, -0.15) is 0 Å². The maximum absolute atomic E-state index is 12.5. The minimum absolute atomic E-state index is 0.00164. The van der Waals surface area contributed by atoms with Crippen LogP contribution in [0.15, 0.2) is 35.7 Å². The van der Waals surface area contributed by atoms with Gasteiger partial charge < -0.3 is 15.0 Å². The summed E-state index contributed by atoms with van der Waals surface area (Å²) in [4.78, 5) is 38.1. The Morgan fingerprint density at radius 2 is 2.14 bits per heavy atom. The summed E-state index contributed by atoms with van der Waals surface area (Å²) in [7, 11) is 0. The molecule has 1 N–H and O–H groups in total. The van der Waals surface area contributed by atoms with E-state index in [0.717, 1.165) is 12.0 Å². The predicted molar refractivity (Wildman–Crippen MR) is 105 cm³/mol. The number of rotatable bonds is 7. The van der Waals surface area contributed by atoms with E-state index in [2.05, 4.69) is 5.32 Å². The molecule has 9 heteroatoms. The molecular weight excluding hydrogens is 382 g/mol. The van der Waals surface area contributed by atoms with Crippen LogP contribution >= 0.6 is 11.3 Å². The minimum Gasteiger partial charge on any atom is -0.452 e. The van der Waals surface area contributed by atoms with Gasteiger partial charge in [0.15, 0.2) is 6.10 Å². The molecule has 1 unspecified atom stereocenters. The Kier molecular flexibility index (Phi) is 6.25. The molecule has 2 heterocycles. The Labute approximate surface area is 166 Å². The van der Waals surface area contributed by atoms with Crippen molar-refractivity contribution in [3.63, 3.8) is 0 Å².